The molecule has 252 valence electrons. The van der Waals surface area contributed by atoms with Crippen molar-refractivity contribution in [2.75, 3.05) is 0 Å². The fraction of sp³-hybridized carbons (Fsp3) is 0. The minimum atomic E-state index is 0.583. The number of fused-ring (bicyclic) bond motifs is 10. The van der Waals surface area contributed by atoms with Gasteiger partial charge in [-0.05, 0) is 47.5 Å². The van der Waals surface area contributed by atoms with E-state index >= 15 is 0 Å². The van der Waals surface area contributed by atoms with Crippen LogP contribution in [0.1, 0.15) is 0 Å². The van der Waals surface area contributed by atoms with Crippen molar-refractivity contribution < 1.29 is 0 Å². The maximum Gasteiger partial charge on any atom is 0.239 e. The van der Waals surface area contributed by atoms with Crippen LogP contribution in [0.25, 0.3) is 98.5 Å². The van der Waals surface area contributed by atoms with Crippen LogP contribution in [0.5, 0.6) is 0 Å². The van der Waals surface area contributed by atoms with E-state index in [4.69, 9.17) is 15.0 Å². The lowest BCUT2D eigenvalue weighted by Crippen LogP contribution is -2.10. The van der Waals surface area contributed by atoms with Crippen molar-refractivity contribution in [3.05, 3.63) is 164 Å². The number of aromatic nitrogens is 5. The van der Waals surface area contributed by atoms with Gasteiger partial charge in [0.15, 0.2) is 11.6 Å². The van der Waals surface area contributed by atoms with Crippen molar-refractivity contribution in [3.8, 4) is 45.5 Å². The highest BCUT2D eigenvalue weighted by Gasteiger charge is 2.28. The Hall–Kier alpha value is -6.54. The van der Waals surface area contributed by atoms with Gasteiger partial charge in [-0.3, -0.25) is 9.13 Å². The lowest BCUT2D eigenvalue weighted by Gasteiger charge is -2.20. The third kappa shape index (κ3) is 4.31. The van der Waals surface area contributed by atoms with Gasteiger partial charge in [-0.25, -0.2) is 4.98 Å². The Morgan fingerprint density at radius 1 is 0.426 bits per heavy atom. The van der Waals surface area contributed by atoms with Crippen LogP contribution in [-0.4, -0.2) is 24.1 Å². The molecule has 0 fully saturated rings. The molecule has 7 aromatic carbocycles. The summed E-state index contributed by atoms with van der Waals surface area (Å²) in [5.74, 6) is 1.84. The Morgan fingerprint density at radius 2 is 1.07 bits per heavy atom. The lowest BCUT2D eigenvalue weighted by molar-refractivity contribution is 0.927. The van der Waals surface area contributed by atoms with Gasteiger partial charge in [0.1, 0.15) is 5.65 Å². The van der Waals surface area contributed by atoms with Gasteiger partial charge in [-0.1, -0.05) is 139 Å². The predicted molar refractivity (Wildman–Crippen MR) is 224 cm³/mol. The zero-order valence-electron chi connectivity index (χ0n) is 28.6. The molecule has 0 spiro atoms. The Bertz CT molecular complexity index is 3300. The van der Waals surface area contributed by atoms with E-state index in [1.165, 1.54) is 57.2 Å². The summed E-state index contributed by atoms with van der Waals surface area (Å²) < 4.78 is 7.26. The van der Waals surface area contributed by atoms with E-state index in [-0.39, 0.29) is 0 Å². The summed E-state index contributed by atoms with van der Waals surface area (Å²) in [6, 6.07) is 58.1. The highest BCUT2D eigenvalue weighted by Crippen LogP contribution is 2.49. The third-order valence-electron chi connectivity index (χ3n) is 10.6. The van der Waals surface area contributed by atoms with Crippen molar-refractivity contribution in [1.29, 1.82) is 0 Å². The molecule has 54 heavy (non-hydrogen) atoms. The minimum Gasteiger partial charge on any atom is -0.293 e. The molecule has 0 saturated heterocycles. The van der Waals surface area contributed by atoms with Gasteiger partial charge in [0.2, 0.25) is 5.95 Å². The standard InChI is InChI=1S/C47H27N5S2/c1-2-12-29(13-3-1)44-48-45(30-26-24-28(25-27-30)31-16-10-22-39-41(31)33-15-5-8-20-37(33)53-39)50-47(49-44)52-35-18-6-4-14-32(35)42-34-17-11-23-40-43(34)51(46(42)52)36-19-7-9-21-38(36)54-40/h1-27H. The summed E-state index contributed by atoms with van der Waals surface area (Å²) >= 11 is 3.67. The smallest absolute Gasteiger partial charge is 0.239 e. The molecule has 4 aromatic heterocycles. The first kappa shape index (κ1) is 30.0. The van der Waals surface area contributed by atoms with E-state index in [1.54, 1.807) is 0 Å². The molecule has 7 heteroatoms. The summed E-state index contributed by atoms with van der Waals surface area (Å²) in [4.78, 5) is 18.2. The number of rotatable bonds is 4. The molecule has 1 aliphatic rings. The van der Waals surface area contributed by atoms with E-state index in [1.807, 2.05) is 41.3 Å². The fourth-order valence-electron chi connectivity index (χ4n) is 8.25. The highest BCUT2D eigenvalue weighted by atomic mass is 32.2. The van der Waals surface area contributed by atoms with E-state index in [2.05, 4.69) is 155 Å². The summed E-state index contributed by atoms with van der Waals surface area (Å²) in [6.07, 6.45) is 0. The van der Waals surface area contributed by atoms with Gasteiger partial charge in [0.05, 0.1) is 16.7 Å². The number of para-hydroxylation sites is 3. The molecule has 0 saturated carbocycles. The lowest BCUT2D eigenvalue weighted by atomic mass is 9.98. The molecule has 0 atom stereocenters. The van der Waals surface area contributed by atoms with Crippen molar-refractivity contribution in [3.63, 3.8) is 0 Å². The third-order valence-corrected chi connectivity index (χ3v) is 12.8. The molecule has 1 aliphatic heterocycles. The first-order valence-electron chi connectivity index (χ1n) is 18.0. The molecule has 0 aliphatic carbocycles. The second-order valence-electron chi connectivity index (χ2n) is 13.6. The second kappa shape index (κ2) is 11.5. The zero-order chi connectivity index (χ0) is 35.3. The van der Waals surface area contributed by atoms with Crippen molar-refractivity contribution in [2.24, 2.45) is 0 Å². The van der Waals surface area contributed by atoms with E-state index in [0.717, 1.165) is 33.5 Å². The second-order valence-corrected chi connectivity index (χ2v) is 15.8. The van der Waals surface area contributed by atoms with Gasteiger partial charge >= 0.3 is 0 Å². The SMILES string of the molecule is c1ccc(-c2nc(-c3ccc(-c4cccc5sc6ccccc6c45)cc3)nc(-n3c4ccccc4c4c5cccc6c5n(c43)-c3ccccc3S6)n2)cc1. The molecular formula is C47H27N5S2. The normalized spacial score (nSPS) is 12.4. The van der Waals surface area contributed by atoms with Crippen molar-refractivity contribution in [2.45, 2.75) is 9.79 Å². The molecule has 12 rings (SSSR count). The van der Waals surface area contributed by atoms with E-state index in [9.17, 15) is 0 Å². The topological polar surface area (TPSA) is 48.5 Å². The van der Waals surface area contributed by atoms with Crippen LogP contribution in [0.3, 0.4) is 0 Å². The maximum absolute atomic E-state index is 5.32. The molecular weight excluding hydrogens is 699 g/mol. The minimum absolute atomic E-state index is 0.583. The van der Waals surface area contributed by atoms with Crippen LogP contribution in [0.15, 0.2) is 174 Å². The average Bonchev–Trinajstić information content (AvgIpc) is 3.90. The van der Waals surface area contributed by atoms with Gasteiger partial charge in [-0.2, -0.15) is 9.97 Å². The molecule has 0 bridgehead atoms. The summed E-state index contributed by atoms with van der Waals surface area (Å²) in [5, 5.41) is 6.18. The maximum atomic E-state index is 5.32. The highest BCUT2D eigenvalue weighted by molar-refractivity contribution is 7.99. The molecule has 0 amide bonds. The predicted octanol–water partition coefficient (Wildman–Crippen LogP) is 12.7. The molecule has 11 aromatic rings. The Morgan fingerprint density at radius 3 is 1.94 bits per heavy atom. The van der Waals surface area contributed by atoms with Gasteiger partial charge in [0.25, 0.3) is 0 Å². The van der Waals surface area contributed by atoms with Crippen LogP contribution >= 0.6 is 23.1 Å². The van der Waals surface area contributed by atoms with Crippen LogP contribution in [0.2, 0.25) is 0 Å². The van der Waals surface area contributed by atoms with Crippen molar-refractivity contribution >= 4 is 76.1 Å². The Balaban J connectivity index is 1.11. The van der Waals surface area contributed by atoms with E-state index < -0.39 is 0 Å². The van der Waals surface area contributed by atoms with Gasteiger partial charge in [-0.15, -0.1) is 11.3 Å². The number of thiophene rings is 1. The van der Waals surface area contributed by atoms with Crippen LogP contribution in [0, 0.1) is 0 Å². The molecule has 5 nitrogen and oxygen atoms in total. The average molecular weight is 726 g/mol. The van der Waals surface area contributed by atoms with E-state index in [0.29, 0.717) is 17.6 Å². The number of hydrogen-bond donors (Lipinski definition) is 0. The van der Waals surface area contributed by atoms with Crippen LogP contribution < -0.4 is 0 Å². The molecule has 0 radical (unpaired) electrons. The summed E-state index contributed by atoms with van der Waals surface area (Å²) in [5.41, 5.74) is 8.74. The van der Waals surface area contributed by atoms with Crippen LogP contribution in [-0.2, 0) is 0 Å². The summed E-state index contributed by atoms with van der Waals surface area (Å²) in [6.45, 7) is 0. The number of benzene rings is 7. The first-order chi connectivity index (χ1) is 26.8. The van der Waals surface area contributed by atoms with Gasteiger partial charge < -0.3 is 0 Å². The molecule has 0 unspecified atom stereocenters. The first-order valence-corrected chi connectivity index (χ1v) is 19.6. The largest absolute Gasteiger partial charge is 0.293 e. The Labute approximate surface area is 317 Å². The quantitative estimate of drug-likeness (QED) is 0.181. The zero-order valence-corrected chi connectivity index (χ0v) is 30.3. The van der Waals surface area contributed by atoms with Crippen molar-refractivity contribution in [1.82, 2.24) is 24.1 Å². The summed E-state index contributed by atoms with van der Waals surface area (Å²) in [7, 11) is 0. The Kier molecular flexibility index (Phi) is 6.37. The number of hydrogen-bond acceptors (Lipinski definition) is 5. The van der Waals surface area contributed by atoms with Gasteiger partial charge in [0, 0.05) is 57.2 Å². The monoisotopic (exact) mass is 725 g/mol. The molecule has 0 N–H and O–H groups in total. The molecule has 5 heterocycles. The fourth-order valence-corrected chi connectivity index (χ4v) is 10.5. The number of nitrogens with zero attached hydrogens (tertiary/aromatic N) is 5. The van der Waals surface area contributed by atoms with Crippen LogP contribution in [0.4, 0.5) is 0 Å².